The molecule has 1 nitrogen and oxygen atoms in total. The van der Waals surface area contributed by atoms with Crippen molar-refractivity contribution in [3.63, 3.8) is 0 Å². The van der Waals surface area contributed by atoms with E-state index in [2.05, 4.69) is 63.2 Å². The summed E-state index contributed by atoms with van der Waals surface area (Å²) in [5.41, 5.74) is 4.97. The van der Waals surface area contributed by atoms with Crippen molar-refractivity contribution in [2.45, 2.75) is 26.7 Å². The Labute approximate surface area is 117 Å². The summed E-state index contributed by atoms with van der Waals surface area (Å²) in [5, 5.41) is 1.11. The zero-order valence-electron chi connectivity index (χ0n) is 11.5. The first-order chi connectivity index (χ1) is 9.15. The normalized spacial score (nSPS) is 11.4. The standard InChI is InChI=1S/C17H17NS/c1-11(2)13-7-9-14(10-8-13)17-18-16-12(3)5-4-6-15(16)19-17/h4-11H,1-3H3. The molecule has 19 heavy (non-hydrogen) atoms. The summed E-state index contributed by atoms with van der Waals surface area (Å²) >= 11 is 1.77. The van der Waals surface area contributed by atoms with Gasteiger partial charge in [-0.15, -0.1) is 11.3 Å². The largest absolute Gasteiger partial charge is 0.236 e. The monoisotopic (exact) mass is 267 g/mol. The number of nitrogens with zero attached hydrogens (tertiary/aromatic N) is 1. The van der Waals surface area contributed by atoms with E-state index in [1.54, 1.807) is 11.3 Å². The lowest BCUT2D eigenvalue weighted by Gasteiger charge is -2.05. The Bertz CT molecular complexity index is 708. The number of fused-ring (bicyclic) bond motifs is 1. The van der Waals surface area contributed by atoms with Gasteiger partial charge in [-0.2, -0.15) is 0 Å². The van der Waals surface area contributed by atoms with Crippen LogP contribution in [0.15, 0.2) is 42.5 Å². The van der Waals surface area contributed by atoms with Crippen molar-refractivity contribution in [1.82, 2.24) is 4.98 Å². The van der Waals surface area contributed by atoms with Crippen molar-refractivity contribution in [1.29, 1.82) is 0 Å². The highest BCUT2D eigenvalue weighted by molar-refractivity contribution is 7.21. The zero-order chi connectivity index (χ0) is 13.4. The molecule has 2 aromatic carbocycles. The number of para-hydroxylation sites is 1. The van der Waals surface area contributed by atoms with Crippen LogP contribution in [0.1, 0.15) is 30.9 Å². The maximum Gasteiger partial charge on any atom is 0.124 e. The highest BCUT2D eigenvalue weighted by Gasteiger charge is 2.08. The minimum atomic E-state index is 0.576. The molecule has 0 amide bonds. The van der Waals surface area contributed by atoms with E-state index in [9.17, 15) is 0 Å². The second kappa shape index (κ2) is 4.78. The van der Waals surface area contributed by atoms with E-state index in [-0.39, 0.29) is 0 Å². The molecule has 0 N–H and O–H groups in total. The minimum absolute atomic E-state index is 0.576. The Hall–Kier alpha value is -1.67. The molecular weight excluding hydrogens is 250 g/mol. The number of hydrogen-bond acceptors (Lipinski definition) is 2. The molecule has 0 radical (unpaired) electrons. The van der Waals surface area contributed by atoms with Crippen LogP contribution in [0.5, 0.6) is 0 Å². The van der Waals surface area contributed by atoms with E-state index >= 15 is 0 Å². The van der Waals surface area contributed by atoms with Gasteiger partial charge >= 0.3 is 0 Å². The molecule has 0 saturated heterocycles. The number of hydrogen-bond donors (Lipinski definition) is 0. The quantitative estimate of drug-likeness (QED) is 0.606. The van der Waals surface area contributed by atoms with Crippen LogP contribution in [0.4, 0.5) is 0 Å². The van der Waals surface area contributed by atoms with Crippen LogP contribution in [0.25, 0.3) is 20.8 Å². The molecule has 1 aromatic heterocycles. The van der Waals surface area contributed by atoms with Crippen molar-refractivity contribution < 1.29 is 0 Å². The second-order valence-electron chi connectivity index (χ2n) is 5.22. The average molecular weight is 267 g/mol. The van der Waals surface area contributed by atoms with Crippen LogP contribution in [0.2, 0.25) is 0 Å². The van der Waals surface area contributed by atoms with Gasteiger partial charge in [0.05, 0.1) is 10.2 Å². The zero-order valence-corrected chi connectivity index (χ0v) is 12.3. The molecule has 2 heteroatoms. The summed E-state index contributed by atoms with van der Waals surface area (Å²) in [4.78, 5) is 4.78. The summed E-state index contributed by atoms with van der Waals surface area (Å²) in [6.07, 6.45) is 0. The van der Waals surface area contributed by atoms with E-state index in [0.29, 0.717) is 5.92 Å². The van der Waals surface area contributed by atoms with Gasteiger partial charge in [-0.25, -0.2) is 4.98 Å². The van der Waals surface area contributed by atoms with E-state index in [0.717, 1.165) is 10.5 Å². The average Bonchev–Trinajstić information content (AvgIpc) is 2.84. The molecule has 0 aliphatic rings. The number of aromatic nitrogens is 1. The molecule has 0 atom stereocenters. The van der Waals surface area contributed by atoms with Crippen LogP contribution in [-0.2, 0) is 0 Å². The predicted molar refractivity (Wildman–Crippen MR) is 83.9 cm³/mol. The molecule has 0 spiro atoms. The second-order valence-corrected chi connectivity index (χ2v) is 6.25. The third-order valence-corrected chi connectivity index (χ3v) is 4.51. The topological polar surface area (TPSA) is 12.9 Å². The lowest BCUT2D eigenvalue weighted by atomic mass is 10.0. The fourth-order valence-corrected chi connectivity index (χ4v) is 3.27. The Morgan fingerprint density at radius 3 is 2.37 bits per heavy atom. The van der Waals surface area contributed by atoms with Gasteiger partial charge in [0.25, 0.3) is 0 Å². The molecule has 0 aliphatic carbocycles. The van der Waals surface area contributed by atoms with Crippen LogP contribution < -0.4 is 0 Å². The van der Waals surface area contributed by atoms with Crippen molar-refractivity contribution >= 4 is 21.6 Å². The predicted octanol–water partition coefficient (Wildman–Crippen LogP) is 5.40. The van der Waals surface area contributed by atoms with Gasteiger partial charge in [-0.3, -0.25) is 0 Å². The number of thiazole rings is 1. The number of aryl methyl sites for hydroxylation is 1. The third-order valence-electron chi connectivity index (χ3n) is 3.45. The molecule has 0 saturated carbocycles. The van der Waals surface area contributed by atoms with E-state index in [4.69, 9.17) is 4.98 Å². The summed E-state index contributed by atoms with van der Waals surface area (Å²) in [5.74, 6) is 0.576. The first kappa shape index (κ1) is 12.4. The molecule has 0 unspecified atom stereocenters. The highest BCUT2D eigenvalue weighted by atomic mass is 32.1. The highest BCUT2D eigenvalue weighted by Crippen LogP contribution is 2.32. The van der Waals surface area contributed by atoms with Crippen LogP contribution in [0, 0.1) is 6.92 Å². The van der Waals surface area contributed by atoms with Gasteiger partial charge < -0.3 is 0 Å². The Kier molecular flexibility index (Phi) is 3.11. The van der Waals surface area contributed by atoms with Gasteiger partial charge in [0.15, 0.2) is 0 Å². The van der Waals surface area contributed by atoms with Gasteiger partial charge in [-0.1, -0.05) is 50.2 Å². The number of rotatable bonds is 2. The maximum absolute atomic E-state index is 4.78. The molecule has 0 fully saturated rings. The fraction of sp³-hybridized carbons (Fsp3) is 0.235. The Morgan fingerprint density at radius 2 is 1.74 bits per heavy atom. The summed E-state index contributed by atoms with van der Waals surface area (Å²) in [6.45, 7) is 6.56. The summed E-state index contributed by atoms with van der Waals surface area (Å²) in [6, 6.07) is 15.1. The van der Waals surface area contributed by atoms with Crippen molar-refractivity contribution in [2.75, 3.05) is 0 Å². The van der Waals surface area contributed by atoms with Crippen molar-refractivity contribution in [3.8, 4) is 10.6 Å². The molecule has 0 bridgehead atoms. The van der Waals surface area contributed by atoms with E-state index in [1.807, 2.05) is 0 Å². The Balaban J connectivity index is 2.06. The minimum Gasteiger partial charge on any atom is -0.236 e. The van der Waals surface area contributed by atoms with Crippen LogP contribution in [0.3, 0.4) is 0 Å². The van der Waals surface area contributed by atoms with Gasteiger partial charge in [0, 0.05) is 5.56 Å². The molecule has 0 aliphatic heterocycles. The number of benzene rings is 2. The molecule has 3 aromatic rings. The van der Waals surface area contributed by atoms with E-state index < -0.39 is 0 Å². The van der Waals surface area contributed by atoms with E-state index in [1.165, 1.54) is 21.4 Å². The first-order valence-corrected chi connectivity index (χ1v) is 7.43. The first-order valence-electron chi connectivity index (χ1n) is 6.61. The molecule has 3 rings (SSSR count). The molecule has 1 heterocycles. The summed E-state index contributed by atoms with van der Waals surface area (Å²) < 4.78 is 1.27. The lowest BCUT2D eigenvalue weighted by Crippen LogP contribution is -1.86. The fourth-order valence-electron chi connectivity index (χ4n) is 2.22. The SMILES string of the molecule is Cc1cccc2sc(-c3ccc(C(C)C)cc3)nc12. The van der Waals surface area contributed by atoms with Crippen LogP contribution in [-0.4, -0.2) is 4.98 Å². The van der Waals surface area contributed by atoms with Crippen molar-refractivity contribution in [2.24, 2.45) is 0 Å². The lowest BCUT2D eigenvalue weighted by molar-refractivity contribution is 0.867. The smallest absolute Gasteiger partial charge is 0.124 e. The van der Waals surface area contributed by atoms with Gasteiger partial charge in [0.1, 0.15) is 5.01 Å². The maximum atomic E-state index is 4.78. The Morgan fingerprint density at radius 1 is 1.00 bits per heavy atom. The van der Waals surface area contributed by atoms with Gasteiger partial charge in [-0.05, 0) is 30.0 Å². The molecular formula is C17H17NS. The van der Waals surface area contributed by atoms with Gasteiger partial charge in [0.2, 0.25) is 0 Å². The van der Waals surface area contributed by atoms with Crippen LogP contribution >= 0.6 is 11.3 Å². The van der Waals surface area contributed by atoms with Crippen molar-refractivity contribution in [3.05, 3.63) is 53.6 Å². The third kappa shape index (κ3) is 2.28. The summed E-state index contributed by atoms with van der Waals surface area (Å²) in [7, 11) is 0. The molecule has 96 valence electrons.